The van der Waals surface area contributed by atoms with E-state index in [1.54, 1.807) is 12.1 Å². The molecule has 2 atom stereocenters. The summed E-state index contributed by atoms with van der Waals surface area (Å²) < 4.78 is 0. The number of nitrogens with zero attached hydrogens (tertiary/aromatic N) is 1. The quantitative estimate of drug-likeness (QED) is 0.565. The maximum Gasteiger partial charge on any atom is 0.239 e. The molecule has 2 N–H and O–H groups in total. The number of halogens is 2. The lowest BCUT2D eigenvalue weighted by Crippen LogP contribution is -2.54. The number of nitrogens with one attached hydrogen (secondary N) is 1. The molecule has 31 heavy (non-hydrogen) atoms. The summed E-state index contributed by atoms with van der Waals surface area (Å²) in [6.07, 6.45) is 0.927. The minimum atomic E-state index is -0.291. The van der Waals surface area contributed by atoms with Crippen molar-refractivity contribution in [2.24, 2.45) is 11.3 Å². The number of benzene rings is 2. The largest absolute Gasteiger partial charge is 0.506 e. The van der Waals surface area contributed by atoms with Crippen LogP contribution in [-0.2, 0) is 11.3 Å². The first-order valence-corrected chi connectivity index (χ1v) is 11.6. The lowest BCUT2D eigenvalue weighted by Gasteiger charge is -2.46. The molecule has 2 aromatic carbocycles. The standard InChI is InChI=1S/C25H32Cl2N2O2/c1-16(2)23(28-14-17-5-10-21(27)22(30)13-17)24(31)29-12-11-20(25(3,4)15-29)18-6-8-19(26)9-7-18/h5-10,13,16,20,23,28,30H,11-12,14-15H2,1-4H3/t20-,23-/m1/s1. The molecule has 1 fully saturated rings. The van der Waals surface area contributed by atoms with Crippen molar-refractivity contribution in [3.63, 3.8) is 0 Å². The third-order valence-corrected chi connectivity index (χ3v) is 6.85. The van der Waals surface area contributed by atoms with E-state index in [0.29, 0.717) is 24.0 Å². The molecule has 0 unspecified atom stereocenters. The topological polar surface area (TPSA) is 52.6 Å². The second-order valence-corrected chi connectivity index (χ2v) is 10.4. The van der Waals surface area contributed by atoms with Crippen LogP contribution in [0.15, 0.2) is 42.5 Å². The normalized spacial score (nSPS) is 19.5. The fourth-order valence-corrected chi connectivity index (χ4v) is 4.80. The van der Waals surface area contributed by atoms with Gasteiger partial charge in [-0.2, -0.15) is 0 Å². The molecule has 1 heterocycles. The van der Waals surface area contributed by atoms with E-state index in [9.17, 15) is 9.90 Å². The van der Waals surface area contributed by atoms with E-state index < -0.39 is 0 Å². The molecule has 1 saturated heterocycles. The van der Waals surface area contributed by atoms with Gasteiger partial charge in [-0.25, -0.2) is 0 Å². The smallest absolute Gasteiger partial charge is 0.239 e. The highest BCUT2D eigenvalue weighted by molar-refractivity contribution is 6.32. The van der Waals surface area contributed by atoms with Crippen molar-refractivity contribution < 1.29 is 9.90 Å². The molecule has 0 aliphatic carbocycles. The highest BCUT2D eigenvalue weighted by Crippen LogP contribution is 2.42. The summed E-state index contributed by atoms with van der Waals surface area (Å²) in [5.74, 6) is 0.719. The molecule has 0 aromatic heterocycles. The van der Waals surface area contributed by atoms with E-state index in [0.717, 1.165) is 23.6 Å². The highest BCUT2D eigenvalue weighted by Gasteiger charge is 2.40. The molecule has 0 saturated carbocycles. The van der Waals surface area contributed by atoms with Gasteiger partial charge in [0, 0.05) is 24.7 Å². The third-order valence-electron chi connectivity index (χ3n) is 6.28. The Balaban J connectivity index is 1.68. The van der Waals surface area contributed by atoms with Gasteiger partial charge >= 0.3 is 0 Å². The molecule has 6 heteroatoms. The number of aromatic hydroxyl groups is 1. The zero-order chi connectivity index (χ0) is 22.8. The van der Waals surface area contributed by atoms with Crippen molar-refractivity contribution in [1.29, 1.82) is 0 Å². The van der Waals surface area contributed by atoms with Crippen molar-refractivity contribution in [2.75, 3.05) is 13.1 Å². The number of carbonyl (C=O) groups excluding carboxylic acids is 1. The van der Waals surface area contributed by atoms with Crippen molar-refractivity contribution >= 4 is 29.1 Å². The van der Waals surface area contributed by atoms with E-state index >= 15 is 0 Å². The highest BCUT2D eigenvalue weighted by atomic mass is 35.5. The molecular weight excluding hydrogens is 431 g/mol. The predicted molar refractivity (Wildman–Crippen MR) is 128 cm³/mol. The van der Waals surface area contributed by atoms with Crippen molar-refractivity contribution in [3.05, 3.63) is 63.6 Å². The number of amides is 1. The Morgan fingerprint density at radius 1 is 1.19 bits per heavy atom. The number of likely N-dealkylation sites (tertiary alicyclic amines) is 1. The van der Waals surface area contributed by atoms with Gasteiger partial charge in [-0.15, -0.1) is 0 Å². The zero-order valence-electron chi connectivity index (χ0n) is 18.7. The molecule has 1 aliphatic heterocycles. The molecule has 1 aliphatic rings. The lowest BCUT2D eigenvalue weighted by molar-refractivity contribution is -0.138. The van der Waals surface area contributed by atoms with Crippen molar-refractivity contribution in [3.8, 4) is 5.75 Å². The van der Waals surface area contributed by atoms with Crippen LogP contribution in [0.1, 0.15) is 51.2 Å². The van der Waals surface area contributed by atoms with Gasteiger partial charge in [0.1, 0.15) is 5.75 Å². The first-order valence-electron chi connectivity index (χ1n) is 10.8. The number of hydrogen-bond donors (Lipinski definition) is 2. The monoisotopic (exact) mass is 462 g/mol. The average molecular weight is 463 g/mol. The third kappa shape index (κ3) is 5.74. The Labute approximate surface area is 195 Å². The van der Waals surface area contributed by atoms with Crippen molar-refractivity contribution in [1.82, 2.24) is 10.2 Å². The van der Waals surface area contributed by atoms with Gasteiger partial charge in [0.05, 0.1) is 11.1 Å². The van der Waals surface area contributed by atoms with E-state index in [1.807, 2.05) is 23.1 Å². The van der Waals surface area contributed by atoms with Crippen LogP contribution in [0.3, 0.4) is 0 Å². The van der Waals surface area contributed by atoms with Gasteiger partial charge in [-0.3, -0.25) is 4.79 Å². The van der Waals surface area contributed by atoms with Gasteiger partial charge < -0.3 is 15.3 Å². The average Bonchev–Trinajstić information content (AvgIpc) is 2.70. The second-order valence-electron chi connectivity index (χ2n) is 9.53. The number of rotatable bonds is 6. The Morgan fingerprint density at radius 2 is 1.87 bits per heavy atom. The fraction of sp³-hybridized carbons (Fsp3) is 0.480. The van der Waals surface area contributed by atoms with Crippen LogP contribution >= 0.6 is 23.2 Å². The van der Waals surface area contributed by atoms with Gasteiger partial charge in [0.15, 0.2) is 0 Å². The summed E-state index contributed by atoms with van der Waals surface area (Å²) in [5.41, 5.74) is 2.13. The van der Waals surface area contributed by atoms with Gasteiger partial charge in [0.2, 0.25) is 5.91 Å². The number of carbonyl (C=O) groups is 1. The molecule has 4 nitrogen and oxygen atoms in total. The van der Waals surface area contributed by atoms with Crippen LogP contribution in [0.4, 0.5) is 0 Å². The predicted octanol–water partition coefficient (Wildman–Crippen LogP) is 5.86. The van der Waals surface area contributed by atoms with E-state index in [4.69, 9.17) is 23.2 Å². The summed E-state index contributed by atoms with van der Waals surface area (Å²) in [4.78, 5) is 15.4. The Hall–Kier alpha value is -1.75. The number of phenols is 1. The summed E-state index contributed by atoms with van der Waals surface area (Å²) in [6.45, 7) is 10.5. The second kappa shape index (κ2) is 9.81. The number of piperidine rings is 1. The number of hydrogen-bond acceptors (Lipinski definition) is 3. The summed E-state index contributed by atoms with van der Waals surface area (Å²) in [5, 5.41) is 14.3. The molecule has 2 aromatic rings. The van der Waals surface area contributed by atoms with Crippen LogP contribution in [0.5, 0.6) is 5.75 Å². The fourth-order valence-electron chi connectivity index (χ4n) is 4.56. The van der Waals surface area contributed by atoms with Crippen LogP contribution < -0.4 is 5.32 Å². The summed E-state index contributed by atoms with van der Waals surface area (Å²) >= 11 is 12.0. The minimum Gasteiger partial charge on any atom is -0.506 e. The minimum absolute atomic E-state index is 0.0365. The maximum atomic E-state index is 13.4. The molecule has 0 bridgehead atoms. The Bertz CT molecular complexity index is 912. The van der Waals surface area contributed by atoms with Gasteiger partial charge in [-0.1, -0.05) is 69.1 Å². The maximum absolute atomic E-state index is 13.4. The number of phenolic OH excluding ortho intramolecular Hbond substituents is 1. The van der Waals surface area contributed by atoms with Gasteiger partial charge in [0.25, 0.3) is 0 Å². The summed E-state index contributed by atoms with van der Waals surface area (Å²) in [6, 6.07) is 13.0. The molecule has 168 valence electrons. The van der Waals surface area contributed by atoms with E-state index in [-0.39, 0.29) is 29.0 Å². The van der Waals surface area contributed by atoms with Gasteiger partial charge in [-0.05, 0) is 59.1 Å². The lowest BCUT2D eigenvalue weighted by atomic mass is 9.70. The van der Waals surface area contributed by atoms with Crippen LogP contribution in [0.25, 0.3) is 0 Å². The Morgan fingerprint density at radius 3 is 2.45 bits per heavy atom. The zero-order valence-corrected chi connectivity index (χ0v) is 20.2. The molecular formula is C25H32Cl2N2O2. The first kappa shape index (κ1) is 23.9. The molecule has 3 rings (SSSR count). The van der Waals surface area contributed by atoms with Crippen LogP contribution in [-0.4, -0.2) is 35.0 Å². The SMILES string of the molecule is CC(C)[C@@H](NCc1ccc(Cl)c(O)c1)C(=O)N1CC[C@H](c2ccc(Cl)cc2)C(C)(C)C1. The van der Waals surface area contributed by atoms with E-state index in [1.165, 1.54) is 5.56 Å². The molecule has 0 radical (unpaired) electrons. The van der Waals surface area contributed by atoms with Crippen LogP contribution in [0, 0.1) is 11.3 Å². The van der Waals surface area contributed by atoms with E-state index in [2.05, 4.69) is 45.1 Å². The first-order chi connectivity index (χ1) is 14.6. The Kier molecular flexibility index (Phi) is 7.56. The molecule has 0 spiro atoms. The molecule has 1 amide bonds. The van der Waals surface area contributed by atoms with Crippen molar-refractivity contribution in [2.45, 2.75) is 52.6 Å². The summed E-state index contributed by atoms with van der Waals surface area (Å²) in [7, 11) is 0. The van der Waals surface area contributed by atoms with Crippen LogP contribution in [0.2, 0.25) is 10.0 Å².